The van der Waals surface area contributed by atoms with Gasteiger partial charge in [0, 0.05) is 17.7 Å². The van der Waals surface area contributed by atoms with Crippen LogP contribution in [0, 0.1) is 0 Å². The minimum Gasteiger partial charge on any atom is -0.497 e. The molecule has 0 bridgehead atoms. The van der Waals surface area contributed by atoms with Crippen LogP contribution in [0.25, 0.3) is 11.3 Å². The van der Waals surface area contributed by atoms with E-state index in [1.807, 2.05) is 84.6 Å². The lowest BCUT2D eigenvalue weighted by Crippen LogP contribution is -2.29. The number of aromatic amines is 1. The van der Waals surface area contributed by atoms with E-state index in [0.29, 0.717) is 18.8 Å². The number of carbonyl (C=O) groups is 1. The molecule has 1 unspecified atom stereocenters. The van der Waals surface area contributed by atoms with Gasteiger partial charge < -0.3 is 19.1 Å². The molecule has 0 aliphatic carbocycles. The molecule has 1 aliphatic heterocycles. The fraction of sp³-hybridized carbons (Fsp3) is 0.214. The summed E-state index contributed by atoms with van der Waals surface area (Å²) < 4.78 is 16.4. The molecule has 1 aromatic heterocycles. The van der Waals surface area contributed by atoms with E-state index in [9.17, 15) is 4.79 Å². The van der Waals surface area contributed by atoms with Crippen molar-refractivity contribution < 1.29 is 19.0 Å². The molecule has 1 amide bonds. The van der Waals surface area contributed by atoms with E-state index in [4.69, 9.17) is 14.2 Å². The van der Waals surface area contributed by atoms with Gasteiger partial charge in [0.1, 0.15) is 22.9 Å². The predicted octanol–water partition coefficient (Wildman–Crippen LogP) is 5.24. The van der Waals surface area contributed by atoms with Gasteiger partial charge in [-0.25, -0.2) is 0 Å². The Morgan fingerprint density at radius 2 is 1.60 bits per heavy atom. The number of H-pyrrole nitrogens is 1. The number of carbonyl (C=O) groups excluding carboxylic acids is 1. The minimum absolute atomic E-state index is 0.0881. The first kappa shape index (κ1) is 22.5. The molecular weight excluding hydrogens is 442 g/mol. The van der Waals surface area contributed by atoms with Crippen LogP contribution in [0.2, 0.25) is 0 Å². The quantitative estimate of drug-likeness (QED) is 0.382. The van der Waals surface area contributed by atoms with Gasteiger partial charge in [-0.05, 0) is 66.6 Å². The lowest BCUT2D eigenvalue weighted by atomic mass is 9.95. The molecule has 0 spiro atoms. The van der Waals surface area contributed by atoms with Crippen LogP contribution in [0.5, 0.6) is 17.2 Å². The highest BCUT2D eigenvalue weighted by Crippen LogP contribution is 2.44. The zero-order valence-corrected chi connectivity index (χ0v) is 19.9. The molecule has 3 aromatic carbocycles. The highest BCUT2D eigenvalue weighted by atomic mass is 16.5. The Hall–Kier alpha value is -4.26. The number of nitrogens with one attached hydrogen (secondary N) is 1. The highest BCUT2D eigenvalue weighted by molar-refractivity contribution is 6.00. The lowest BCUT2D eigenvalue weighted by Gasteiger charge is -2.27. The number of amides is 1. The van der Waals surface area contributed by atoms with Crippen LogP contribution in [-0.4, -0.2) is 41.8 Å². The van der Waals surface area contributed by atoms with Crippen molar-refractivity contribution in [1.82, 2.24) is 15.1 Å². The summed E-state index contributed by atoms with van der Waals surface area (Å²) in [4.78, 5) is 15.5. The first-order valence-corrected chi connectivity index (χ1v) is 11.5. The largest absolute Gasteiger partial charge is 0.497 e. The number of hydrogen-bond donors (Lipinski definition) is 1. The molecule has 0 fully saturated rings. The van der Waals surface area contributed by atoms with Gasteiger partial charge in [-0.3, -0.25) is 9.89 Å². The standard InChI is InChI=1S/C28H27N3O4/c1-4-35-23-7-5-6-20(16-23)27-24-25(19-10-14-22(34-3)15-11-19)29-30-26(24)28(32)31(27)17-18-8-12-21(33-2)13-9-18/h5-16,27H,4,17H2,1-3H3,(H,29,30). The SMILES string of the molecule is CCOc1cccc(C2c3c(-c4ccc(OC)cc4)n[nH]c3C(=O)N2Cc2ccc(OC)cc2)c1. The summed E-state index contributed by atoms with van der Waals surface area (Å²) >= 11 is 0. The number of hydrogen-bond acceptors (Lipinski definition) is 5. The predicted molar refractivity (Wildman–Crippen MR) is 133 cm³/mol. The Kier molecular flexibility index (Phi) is 6.14. The summed E-state index contributed by atoms with van der Waals surface area (Å²) in [7, 11) is 3.28. The summed E-state index contributed by atoms with van der Waals surface area (Å²) in [6.07, 6.45) is 0. The van der Waals surface area contributed by atoms with Crippen LogP contribution in [0.1, 0.15) is 40.1 Å². The third-order valence-corrected chi connectivity index (χ3v) is 6.22. The first-order chi connectivity index (χ1) is 17.1. The molecule has 7 heteroatoms. The molecule has 2 heterocycles. The topological polar surface area (TPSA) is 76.7 Å². The van der Waals surface area contributed by atoms with E-state index in [1.54, 1.807) is 14.2 Å². The monoisotopic (exact) mass is 469 g/mol. The molecule has 1 atom stereocenters. The van der Waals surface area contributed by atoms with Gasteiger partial charge in [0.05, 0.1) is 32.6 Å². The lowest BCUT2D eigenvalue weighted by molar-refractivity contribution is 0.0730. The van der Waals surface area contributed by atoms with Crippen LogP contribution in [0.15, 0.2) is 72.8 Å². The van der Waals surface area contributed by atoms with Gasteiger partial charge in [0.15, 0.2) is 0 Å². The maximum Gasteiger partial charge on any atom is 0.273 e. The first-order valence-electron chi connectivity index (χ1n) is 11.5. The molecule has 5 rings (SSSR count). The van der Waals surface area contributed by atoms with Gasteiger partial charge >= 0.3 is 0 Å². The molecule has 0 saturated carbocycles. The Bertz CT molecular complexity index is 1330. The van der Waals surface area contributed by atoms with Crippen molar-refractivity contribution in [3.05, 3.63) is 95.2 Å². The second-order valence-corrected chi connectivity index (χ2v) is 8.28. The Labute approximate surface area is 204 Å². The molecule has 4 aromatic rings. The van der Waals surface area contributed by atoms with Crippen LogP contribution in [0.4, 0.5) is 0 Å². The van der Waals surface area contributed by atoms with E-state index in [-0.39, 0.29) is 11.9 Å². The van der Waals surface area contributed by atoms with Crippen molar-refractivity contribution in [2.75, 3.05) is 20.8 Å². The maximum atomic E-state index is 13.6. The molecule has 178 valence electrons. The van der Waals surface area contributed by atoms with Crippen molar-refractivity contribution in [3.63, 3.8) is 0 Å². The van der Waals surface area contributed by atoms with Gasteiger partial charge in [-0.1, -0.05) is 24.3 Å². The van der Waals surface area contributed by atoms with Crippen LogP contribution < -0.4 is 14.2 Å². The van der Waals surface area contributed by atoms with E-state index in [1.165, 1.54) is 0 Å². The molecular formula is C28H27N3O4. The molecule has 7 nitrogen and oxygen atoms in total. The maximum absolute atomic E-state index is 13.6. The third-order valence-electron chi connectivity index (χ3n) is 6.22. The number of aromatic nitrogens is 2. The van der Waals surface area contributed by atoms with Crippen molar-refractivity contribution in [1.29, 1.82) is 0 Å². The number of rotatable bonds is 8. The summed E-state index contributed by atoms with van der Waals surface area (Å²) in [5.74, 6) is 2.22. The van der Waals surface area contributed by atoms with Crippen LogP contribution in [-0.2, 0) is 6.54 Å². The van der Waals surface area contributed by atoms with Crippen molar-refractivity contribution >= 4 is 5.91 Å². The second kappa shape index (κ2) is 9.54. The highest BCUT2D eigenvalue weighted by Gasteiger charge is 2.42. The fourth-order valence-corrected chi connectivity index (χ4v) is 4.54. The third kappa shape index (κ3) is 4.21. The average molecular weight is 470 g/mol. The average Bonchev–Trinajstić information content (AvgIpc) is 3.44. The zero-order valence-electron chi connectivity index (χ0n) is 19.9. The number of methoxy groups -OCH3 is 2. The fourth-order valence-electron chi connectivity index (χ4n) is 4.54. The molecule has 1 N–H and O–H groups in total. The number of ether oxygens (including phenoxy) is 3. The summed E-state index contributed by atoms with van der Waals surface area (Å²) in [6, 6.07) is 23.1. The van der Waals surface area contributed by atoms with Crippen molar-refractivity contribution in [2.24, 2.45) is 0 Å². The molecule has 35 heavy (non-hydrogen) atoms. The Morgan fingerprint density at radius 1 is 0.914 bits per heavy atom. The number of benzene rings is 3. The molecule has 0 saturated heterocycles. The summed E-state index contributed by atoms with van der Waals surface area (Å²) in [6.45, 7) is 2.96. The Balaban J connectivity index is 1.60. The van der Waals surface area contributed by atoms with Crippen LogP contribution >= 0.6 is 0 Å². The van der Waals surface area contributed by atoms with Crippen LogP contribution in [0.3, 0.4) is 0 Å². The van der Waals surface area contributed by atoms with Gasteiger partial charge in [-0.2, -0.15) is 5.10 Å². The summed E-state index contributed by atoms with van der Waals surface area (Å²) in [5.41, 5.74) is 5.01. The number of fused-ring (bicyclic) bond motifs is 1. The van der Waals surface area contributed by atoms with Gasteiger partial charge in [-0.15, -0.1) is 0 Å². The summed E-state index contributed by atoms with van der Waals surface area (Å²) in [5, 5.41) is 7.56. The molecule has 1 aliphatic rings. The van der Waals surface area contributed by atoms with Crippen molar-refractivity contribution in [3.8, 4) is 28.5 Å². The van der Waals surface area contributed by atoms with Crippen molar-refractivity contribution in [2.45, 2.75) is 19.5 Å². The number of nitrogens with zero attached hydrogens (tertiary/aromatic N) is 2. The Morgan fingerprint density at radius 3 is 2.26 bits per heavy atom. The van der Waals surface area contributed by atoms with Gasteiger partial charge in [0.25, 0.3) is 5.91 Å². The second-order valence-electron chi connectivity index (χ2n) is 8.28. The van der Waals surface area contributed by atoms with E-state index < -0.39 is 0 Å². The van der Waals surface area contributed by atoms with Gasteiger partial charge in [0.2, 0.25) is 0 Å². The zero-order chi connectivity index (χ0) is 24.4. The molecule has 0 radical (unpaired) electrons. The minimum atomic E-state index is -0.323. The van der Waals surface area contributed by atoms with E-state index >= 15 is 0 Å². The van der Waals surface area contributed by atoms with E-state index in [2.05, 4.69) is 10.2 Å². The van der Waals surface area contributed by atoms with E-state index in [0.717, 1.165) is 45.2 Å². The normalized spacial score (nSPS) is 14.7. The smallest absolute Gasteiger partial charge is 0.273 e.